The van der Waals surface area contributed by atoms with E-state index >= 15 is 0 Å². The second-order valence-electron chi connectivity index (χ2n) is 4.48. The molecular weight excluding hydrogens is 232 g/mol. The van der Waals surface area contributed by atoms with E-state index in [0.29, 0.717) is 12.0 Å². The van der Waals surface area contributed by atoms with Gasteiger partial charge in [-0.15, -0.1) is 11.8 Å². The smallest absolute Gasteiger partial charge is 0.130 e. The number of hydrogen-bond donors (Lipinski definition) is 2. The summed E-state index contributed by atoms with van der Waals surface area (Å²) in [7, 11) is 0. The molecule has 1 saturated carbocycles. The van der Waals surface area contributed by atoms with Crippen molar-refractivity contribution < 1.29 is 0 Å². The van der Waals surface area contributed by atoms with Crippen LogP contribution in [0, 0.1) is 5.92 Å². The van der Waals surface area contributed by atoms with Crippen molar-refractivity contribution >= 4 is 17.6 Å². The van der Waals surface area contributed by atoms with Gasteiger partial charge >= 0.3 is 0 Å². The third-order valence-electron chi connectivity index (χ3n) is 3.40. The summed E-state index contributed by atoms with van der Waals surface area (Å²) in [6.07, 6.45) is 8.66. The molecule has 94 valence electrons. The van der Waals surface area contributed by atoms with E-state index in [1.807, 2.05) is 12.3 Å². The Morgan fingerprint density at radius 2 is 2.24 bits per heavy atom. The molecule has 17 heavy (non-hydrogen) atoms. The summed E-state index contributed by atoms with van der Waals surface area (Å²) in [5.41, 5.74) is 5.83. The largest absolute Gasteiger partial charge is 0.367 e. The van der Waals surface area contributed by atoms with Gasteiger partial charge in [0.25, 0.3) is 0 Å². The van der Waals surface area contributed by atoms with Crippen molar-refractivity contribution in [3.63, 3.8) is 0 Å². The van der Waals surface area contributed by atoms with Crippen LogP contribution in [0.5, 0.6) is 0 Å². The Bertz CT molecular complexity index is 358. The molecule has 1 aliphatic carbocycles. The molecule has 2 atom stereocenters. The van der Waals surface area contributed by atoms with E-state index in [2.05, 4.69) is 15.3 Å². The zero-order valence-electron chi connectivity index (χ0n) is 10.2. The second kappa shape index (κ2) is 6.21. The van der Waals surface area contributed by atoms with E-state index < -0.39 is 0 Å². The molecule has 3 N–H and O–H groups in total. The van der Waals surface area contributed by atoms with Gasteiger partial charge in [0.2, 0.25) is 0 Å². The fourth-order valence-corrected chi connectivity index (χ4v) is 2.78. The number of thioether (sulfide) groups is 1. The van der Waals surface area contributed by atoms with Crippen LogP contribution in [0.25, 0.3) is 0 Å². The van der Waals surface area contributed by atoms with Gasteiger partial charge in [-0.05, 0) is 31.6 Å². The van der Waals surface area contributed by atoms with Crippen LogP contribution in [-0.4, -0.2) is 28.8 Å². The number of anilines is 1. The minimum absolute atomic E-state index is 0.471. The van der Waals surface area contributed by atoms with Gasteiger partial charge in [0.05, 0.1) is 0 Å². The first kappa shape index (κ1) is 12.6. The quantitative estimate of drug-likeness (QED) is 0.635. The third kappa shape index (κ3) is 3.33. The van der Waals surface area contributed by atoms with Crippen molar-refractivity contribution in [2.45, 2.75) is 36.8 Å². The molecule has 1 heterocycles. The molecule has 0 aromatic carbocycles. The summed E-state index contributed by atoms with van der Waals surface area (Å²) >= 11 is 1.64. The standard InChI is InChI=1S/C12H20N4S/c1-17-12-6-11(14-8-15-12)16-10-5-3-2-4-9(10)7-13/h6,8-10H,2-5,7,13H2,1H3,(H,14,15,16). The fourth-order valence-electron chi connectivity index (χ4n) is 2.40. The highest BCUT2D eigenvalue weighted by molar-refractivity contribution is 7.98. The molecule has 1 aliphatic rings. The normalized spacial score (nSPS) is 24.6. The molecular formula is C12H20N4S. The zero-order valence-corrected chi connectivity index (χ0v) is 11.0. The Labute approximate surface area is 107 Å². The summed E-state index contributed by atoms with van der Waals surface area (Å²) in [5.74, 6) is 1.51. The molecule has 4 nitrogen and oxygen atoms in total. The summed E-state index contributed by atoms with van der Waals surface area (Å²) in [4.78, 5) is 8.45. The number of aromatic nitrogens is 2. The molecule has 2 unspecified atom stereocenters. The van der Waals surface area contributed by atoms with E-state index in [9.17, 15) is 0 Å². The number of rotatable bonds is 4. The van der Waals surface area contributed by atoms with Gasteiger partial charge in [-0.1, -0.05) is 12.8 Å². The Morgan fingerprint density at radius 1 is 1.41 bits per heavy atom. The van der Waals surface area contributed by atoms with E-state index in [1.165, 1.54) is 25.7 Å². The summed E-state index contributed by atoms with van der Waals surface area (Å²) in [5, 5.41) is 4.51. The van der Waals surface area contributed by atoms with Gasteiger partial charge < -0.3 is 11.1 Å². The maximum atomic E-state index is 5.83. The van der Waals surface area contributed by atoms with E-state index in [0.717, 1.165) is 17.4 Å². The highest BCUT2D eigenvalue weighted by atomic mass is 32.2. The SMILES string of the molecule is CSc1cc(NC2CCCCC2CN)ncn1. The average Bonchev–Trinajstić information content (AvgIpc) is 2.39. The molecule has 0 saturated heterocycles. The first-order valence-corrected chi connectivity index (χ1v) is 7.38. The van der Waals surface area contributed by atoms with Crippen molar-refractivity contribution in [3.05, 3.63) is 12.4 Å². The summed E-state index contributed by atoms with van der Waals surface area (Å²) in [6, 6.07) is 2.48. The number of nitrogens with one attached hydrogen (secondary N) is 1. The molecule has 1 aromatic heterocycles. The van der Waals surface area contributed by atoms with Crippen LogP contribution in [0.4, 0.5) is 5.82 Å². The lowest BCUT2D eigenvalue weighted by atomic mass is 9.84. The van der Waals surface area contributed by atoms with Gasteiger partial charge in [-0.3, -0.25) is 0 Å². The highest BCUT2D eigenvalue weighted by Crippen LogP contribution is 2.26. The average molecular weight is 252 g/mol. The lowest BCUT2D eigenvalue weighted by molar-refractivity contribution is 0.332. The Hall–Kier alpha value is -0.810. The van der Waals surface area contributed by atoms with E-state index in [4.69, 9.17) is 5.73 Å². The molecule has 0 amide bonds. The van der Waals surface area contributed by atoms with Crippen LogP contribution < -0.4 is 11.1 Å². The number of nitrogens with two attached hydrogens (primary N) is 1. The Kier molecular flexibility index (Phi) is 4.62. The molecule has 1 aromatic rings. The van der Waals surface area contributed by atoms with Gasteiger partial charge in [0.15, 0.2) is 0 Å². The molecule has 0 bridgehead atoms. The van der Waals surface area contributed by atoms with Crippen LogP contribution in [0.15, 0.2) is 17.4 Å². The Morgan fingerprint density at radius 3 is 3.00 bits per heavy atom. The van der Waals surface area contributed by atoms with Gasteiger partial charge in [-0.25, -0.2) is 9.97 Å². The number of hydrogen-bond acceptors (Lipinski definition) is 5. The maximum Gasteiger partial charge on any atom is 0.130 e. The minimum atomic E-state index is 0.471. The van der Waals surface area contributed by atoms with Gasteiger partial charge in [0, 0.05) is 12.1 Å². The van der Waals surface area contributed by atoms with Crippen LogP contribution in [0.3, 0.4) is 0 Å². The zero-order chi connectivity index (χ0) is 12.1. The van der Waals surface area contributed by atoms with Crippen LogP contribution in [-0.2, 0) is 0 Å². The van der Waals surface area contributed by atoms with Crippen molar-refractivity contribution in [1.29, 1.82) is 0 Å². The molecule has 2 rings (SSSR count). The molecule has 0 spiro atoms. The first-order chi connectivity index (χ1) is 8.33. The van der Waals surface area contributed by atoms with Crippen molar-refractivity contribution in [2.24, 2.45) is 11.7 Å². The minimum Gasteiger partial charge on any atom is -0.367 e. The van der Waals surface area contributed by atoms with Gasteiger partial charge in [-0.2, -0.15) is 0 Å². The molecule has 5 heteroatoms. The highest BCUT2D eigenvalue weighted by Gasteiger charge is 2.23. The third-order valence-corrected chi connectivity index (χ3v) is 4.04. The van der Waals surface area contributed by atoms with Crippen molar-refractivity contribution in [2.75, 3.05) is 18.1 Å². The van der Waals surface area contributed by atoms with Crippen molar-refractivity contribution in [1.82, 2.24) is 9.97 Å². The maximum absolute atomic E-state index is 5.83. The van der Waals surface area contributed by atoms with E-state index in [1.54, 1.807) is 18.1 Å². The summed E-state index contributed by atoms with van der Waals surface area (Å²) in [6.45, 7) is 0.762. The first-order valence-electron chi connectivity index (χ1n) is 6.16. The molecule has 0 aliphatic heterocycles. The van der Waals surface area contributed by atoms with Crippen LogP contribution >= 0.6 is 11.8 Å². The predicted molar refractivity (Wildman–Crippen MR) is 72.2 cm³/mol. The van der Waals surface area contributed by atoms with E-state index in [-0.39, 0.29) is 0 Å². The molecule has 1 fully saturated rings. The van der Waals surface area contributed by atoms with Crippen molar-refractivity contribution in [3.8, 4) is 0 Å². The Balaban J connectivity index is 2.02. The lowest BCUT2D eigenvalue weighted by Gasteiger charge is -2.31. The van der Waals surface area contributed by atoms with Crippen LogP contribution in [0.1, 0.15) is 25.7 Å². The topological polar surface area (TPSA) is 63.8 Å². The lowest BCUT2D eigenvalue weighted by Crippen LogP contribution is -2.36. The fraction of sp³-hybridized carbons (Fsp3) is 0.667. The second-order valence-corrected chi connectivity index (χ2v) is 5.30. The van der Waals surface area contributed by atoms with Gasteiger partial charge in [0.1, 0.15) is 17.2 Å². The predicted octanol–water partition coefficient (Wildman–Crippen LogP) is 2.13. The summed E-state index contributed by atoms with van der Waals surface area (Å²) < 4.78 is 0. The van der Waals surface area contributed by atoms with Crippen LogP contribution in [0.2, 0.25) is 0 Å². The monoisotopic (exact) mass is 252 g/mol. The molecule has 0 radical (unpaired) electrons. The number of nitrogens with zero attached hydrogens (tertiary/aromatic N) is 2.